The summed E-state index contributed by atoms with van der Waals surface area (Å²) >= 11 is 0. The molecule has 0 aliphatic carbocycles. The molecule has 0 fully saturated rings. The molecule has 0 atom stereocenters. The third kappa shape index (κ3) is 2.87. The van der Waals surface area contributed by atoms with Gasteiger partial charge in [-0.25, -0.2) is 0 Å². The molecule has 0 unspecified atom stereocenters. The van der Waals surface area contributed by atoms with Gasteiger partial charge in [-0.3, -0.25) is 4.98 Å². The van der Waals surface area contributed by atoms with Gasteiger partial charge in [-0.2, -0.15) is 0 Å². The molecule has 0 spiro atoms. The molecule has 0 saturated heterocycles. The Morgan fingerprint density at radius 2 is 1.76 bits per heavy atom. The average molecular weight is 232 g/mol. The summed E-state index contributed by atoms with van der Waals surface area (Å²) in [6.45, 7) is 12.8. The van der Waals surface area contributed by atoms with Crippen LogP contribution in [0.15, 0.2) is 24.5 Å². The summed E-state index contributed by atoms with van der Waals surface area (Å²) in [5, 5.41) is 1.23. The van der Waals surface area contributed by atoms with Gasteiger partial charge in [0.2, 0.25) is 0 Å². The molecule has 2 aromatic heterocycles. The highest BCUT2D eigenvalue weighted by molar-refractivity contribution is 5.79. The summed E-state index contributed by atoms with van der Waals surface area (Å²) in [7, 11) is 0. The Kier molecular flexibility index (Phi) is 4.73. The van der Waals surface area contributed by atoms with Crippen LogP contribution in [0.25, 0.3) is 10.9 Å². The molecule has 2 rings (SSSR count). The molecule has 17 heavy (non-hydrogen) atoms. The summed E-state index contributed by atoms with van der Waals surface area (Å²) in [5.74, 6) is 0.491. The van der Waals surface area contributed by atoms with Crippen LogP contribution in [0.3, 0.4) is 0 Å². The van der Waals surface area contributed by atoms with E-state index in [2.05, 4.69) is 55.6 Å². The SMILES string of the molecule is CC.CC(C)c1cc2c(ccn2C(C)C)cn1. The monoisotopic (exact) mass is 232 g/mol. The van der Waals surface area contributed by atoms with Crippen molar-refractivity contribution in [3.63, 3.8) is 0 Å². The maximum Gasteiger partial charge on any atom is 0.0516 e. The number of hydrogen-bond acceptors (Lipinski definition) is 1. The normalized spacial score (nSPS) is 10.8. The fraction of sp³-hybridized carbons (Fsp3) is 0.533. The molecule has 0 aromatic carbocycles. The number of nitrogens with zero attached hydrogens (tertiary/aromatic N) is 2. The van der Waals surface area contributed by atoms with Gasteiger partial charge < -0.3 is 4.57 Å². The maximum absolute atomic E-state index is 4.47. The van der Waals surface area contributed by atoms with E-state index < -0.39 is 0 Å². The molecule has 2 heterocycles. The minimum atomic E-state index is 0.491. The number of fused-ring (bicyclic) bond motifs is 1. The Morgan fingerprint density at radius 3 is 2.29 bits per heavy atom. The molecule has 0 aliphatic heterocycles. The Hall–Kier alpha value is -1.31. The van der Waals surface area contributed by atoms with Crippen LogP contribution >= 0.6 is 0 Å². The van der Waals surface area contributed by atoms with Crippen molar-refractivity contribution in [2.75, 3.05) is 0 Å². The highest BCUT2D eigenvalue weighted by Crippen LogP contribution is 2.22. The van der Waals surface area contributed by atoms with Crippen molar-refractivity contribution in [2.45, 2.75) is 53.5 Å². The summed E-state index contributed by atoms with van der Waals surface area (Å²) < 4.78 is 2.29. The van der Waals surface area contributed by atoms with Crippen LogP contribution in [0, 0.1) is 0 Å². The molecule has 2 aromatic rings. The van der Waals surface area contributed by atoms with E-state index in [1.54, 1.807) is 0 Å². The second kappa shape index (κ2) is 5.85. The zero-order valence-electron chi connectivity index (χ0n) is 11.9. The van der Waals surface area contributed by atoms with Crippen LogP contribution in [0.5, 0.6) is 0 Å². The van der Waals surface area contributed by atoms with E-state index in [9.17, 15) is 0 Å². The fourth-order valence-corrected chi connectivity index (χ4v) is 1.83. The number of hydrogen-bond donors (Lipinski definition) is 0. The van der Waals surface area contributed by atoms with Crippen LogP contribution in [-0.4, -0.2) is 9.55 Å². The number of pyridine rings is 1. The second-order valence-electron chi connectivity index (χ2n) is 4.64. The smallest absolute Gasteiger partial charge is 0.0516 e. The van der Waals surface area contributed by atoms with Gasteiger partial charge >= 0.3 is 0 Å². The van der Waals surface area contributed by atoms with Crippen molar-refractivity contribution in [1.82, 2.24) is 9.55 Å². The molecule has 0 N–H and O–H groups in total. The first-order valence-electron chi connectivity index (χ1n) is 6.56. The lowest BCUT2D eigenvalue weighted by atomic mass is 10.1. The Labute approximate surface area is 105 Å². The topological polar surface area (TPSA) is 17.8 Å². The van der Waals surface area contributed by atoms with Crippen molar-refractivity contribution in [2.24, 2.45) is 0 Å². The lowest BCUT2D eigenvalue weighted by Crippen LogP contribution is -1.99. The molecule has 0 radical (unpaired) electrons. The average Bonchev–Trinajstić information content (AvgIpc) is 2.74. The van der Waals surface area contributed by atoms with E-state index in [4.69, 9.17) is 0 Å². The molecular weight excluding hydrogens is 208 g/mol. The summed E-state index contributed by atoms with van der Waals surface area (Å²) in [6, 6.07) is 4.84. The molecule has 2 nitrogen and oxygen atoms in total. The van der Waals surface area contributed by atoms with Crippen molar-refractivity contribution in [1.29, 1.82) is 0 Å². The minimum Gasteiger partial charge on any atom is -0.345 e. The maximum atomic E-state index is 4.47. The standard InChI is InChI=1S/C13H18N2.C2H6/c1-9(2)12-7-13-11(8-14-12)5-6-15(13)10(3)4;1-2/h5-10H,1-4H3;1-2H3. The molecule has 2 heteroatoms. The Morgan fingerprint density at radius 1 is 1.12 bits per heavy atom. The first-order chi connectivity index (χ1) is 8.09. The van der Waals surface area contributed by atoms with E-state index in [0.717, 1.165) is 0 Å². The Balaban J connectivity index is 0.000000686. The predicted octanol–water partition coefficient (Wildman–Crippen LogP) is 4.77. The lowest BCUT2D eigenvalue weighted by Gasteiger charge is -2.10. The van der Waals surface area contributed by atoms with E-state index in [-0.39, 0.29) is 0 Å². The van der Waals surface area contributed by atoms with Gasteiger partial charge in [-0.15, -0.1) is 0 Å². The number of rotatable bonds is 2. The molecule has 0 aliphatic rings. The number of aromatic nitrogens is 2. The van der Waals surface area contributed by atoms with Gasteiger partial charge in [-0.05, 0) is 31.9 Å². The van der Waals surface area contributed by atoms with Crippen molar-refractivity contribution >= 4 is 10.9 Å². The Bertz CT molecular complexity index is 467. The van der Waals surface area contributed by atoms with Crippen LogP contribution in [0.1, 0.15) is 59.2 Å². The zero-order valence-corrected chi connectivity index (χ0v) is 11.9. The van der Waals surface area contributed by atoms with Gasteiger partial charge in [-0.1, -0.05) is 27.7 Å². The van der Waals surface area contributed by atoms with E-state index in [1.165, 1.54) is 16.6 Å². The van der Waals surface area contributed by atoms with E-state index in [1.807, 2.05) is 20.0 Å². The minimum absolute atomic E-state index is 0.491. The molecule has 0 saturated carbocycles. The quantitative estimate of drug-likeness (QED) is 0.729. The summed E-state index contributed by atoms with van der Waals surface area (Å²) in [6.07, 6.45) is 4.12. The fourth-order valence-electron chi connectivity index (χ4n) is 1.83. The highest BCUT2D eigenvalue weighted by atomic mass is 15.0. The van der Waals surface area contributed by atoms with Crippen molar-refractivity contribution < 1.29 is 0 Å². The van der Waals surface area contributed by atoms with Crippen molar-refractivity contribution in [3.8, 4) is 0 Å². The largest absolute Gasteiger partial charge is 0.345 e. The van der Waals surface area contributed by atoms with Crippen LogP contribution < -0.4 is 0 Å². The van der Waals surface area contributed by atoms with Gasteiger partial charge in [0.1, 0.15) is 0 Å². The van der Waals surface area contributed by atoms with Crippen LogP contribution in [-0.2, 0) is 0 Å². The molecule has 0 bridgehead atoms. The predicted molar refractivity (Wildman–Crippen MR) is 75.6 cm³/mol. The summed E-state index contributed by atoms with van der Waals surface area (Å²) in [4.78, 5) is 4.47. The van der Waals surface area contributed by atoms with Crippen LogP contribution in [0.2, 0.25) is 0 Å². The molecular formula is C15H24N2. The van der Waals surface area contributed by atoms with E-state index >= 15 is 0 Å². The third-order valence-corrected chi connectivity index (χ3v) is 2.77. The van der Waals surface area contributed by atoms with Gasteiger partial charge in [0.05, 0.1) is 5.52 Å². The zero-order chi connectivity index (χ0) is 13.0. The van der Waals surface area contributed by atoms with Crippen molar-refractivity contribution in [3.05, 3.63) is 30.2 Å². The van der Waals surface area contributed by atoms with E-state index in [0.29, 0.717) is 12.0 Å². The van der Waals surface area contributed by atoms with Gasteiger partial charge in [0.15, 0.2) is 0 Å². The molecule has 0 amide bonds. The summed E-state index contributed by atoms with van der Waals surface area (Å²) in [5.41, 5.74) is 2.46. The first kappa shape index (κ1) is 13.8. The lowest BCUT2D eigenvalue weighted by molar-refractivity contribution is 0.622. The first-order valence-corrected chi connectivity index (χ1v) is 6.56. The second-order valence-corrected chi connectivity index (χ2v) is 4.64. The molecule has 94 valence electrons. The van der Waals surface area contributed by atoms with Crippen LogP contribution in [0.4, 0.5) is 0 Å². The van der Waals surface area contributed by atoms with Gasteiger partial charge in [0, 0.05) is 29.5 Å². The third-order valence-electron chi connectivity index (χ3n) is 2.77. The highest BCUT2D eigenvalue weighted by Gasteiger charge is 2.07. The van der Waals surface area contributed by atoms with Gasteiger partial charge in [0.25, 0.3) is 0 Å².